The van der Waals surface area contributed by atoms with E-state index in [4.69, 9.17) is 4.74 Å². The van der Waals surface area contributed by atoms with Crippen LogP contribution in [0.5, 0.6) is 0 Å². The molecule has 0 radical (unpaired) electrons. The summed E-state index contributed by atoms with van der Waals surface area (Å²) in [5.74, 6) is -0.598. The van der Waals surface area contributed by atoms with Gasteiger partial charge in [-0.15, -0.1) is 0 Å². The van der Waals surface area contributed by atoms with Crippen molar-refractivity contribution in [2.45, 2.75) is 25.8 Å². The molecule has 31 heavy (non-hydrogen) atoms. The summed E-state index contributed by atoms with van der Waals surface area (Å²) in [4.78, 5) is 15.4. The van der Waals surface area contributed by atoms with Crippen LogP contribution < -0.4 is 5.32 Å². The molecule has 5 rings (SSSR count). The molecule has 6 nitrogen and oxygen atoms in total. The van der Waals surface area contributed by atoms with Crippen LogP contribution in [0.25, 0.3) is 5.69 Å². The zero-order chi connectivity index (χ0) is 21.2. The first-order valence-corrected chi connectivity index (χ1v) is 10.7. The summed E-state index contributed by atoms with van der Waals surface area (Å²) in [6.07, 6.45) is 2.51. The molecule has 160 valence electrons. The molecule has 1 saturated heterocycles. The predicted octanol–water partition coefficient (Wildman–Crippen LogP) is 3.58. The highest BCUT2D eigenvalue weighted by Gasteiger charge is 2.27. The molecular weight excluding hydrogens is 395 g/mol. The molecule has 3 aromatic rings. The van der Waals surface area contributed by atoms with Crippen LogP contribution in [-0.2, 0) is 24.1 Å². The molecule has 2 aromatic carbocycles. The standard InChI is InChI=1S/C24H25FN4O2/c25-20-8-1-2-9-22(20)29-21-10-4-7-19(21)23(27-29)24(30)26-18-6-3-5-17(15-18)16-28-11-13-31-14-12-28/h1-3,5-6,8-9,15H,4,7,10-14,16H2,(H,26,30). The van der Waals surface area contributed by atoms with E-state index in [-0.39, 0.29) is 11.7 Å². The number of amides is 1. The highest BCUT2D eigenvalue weighted by Crippen LogP contribution is 2.29. The molecule has 2 aliphatic rings. The Hall–Kier alpha value is -3.03. The molecular formula is C24H25FN4O2. The lowest BCUT2D eigenvalue weighted by atomic mass is 10.1. The third-order valence-corrected chi connectivity index (χ3v) is 5.92. The summed E-state index contributed by atoms with van der Waals surface area (Å²) in [5, 5.41) is 7.51. The van der Waals surface area contributed by atoms with E-state index in [1.807, 2.05) is 18.2 Å². The topological polar surface area (TPSA) is 59.4 Å². The zero-order valence-electron chi connectivity index (χ0n) is 17.3. The van der Waals surface area contributed by atoms with Crippen LogP contribution in [0.1, 0.15) is 33.7 Å². The molecule has 0 atom stereocenters. The number of fused-ring (bicyclic) bond motifs is 1. The summed E-state index contributed by atoms with van der Waals surface area (Å²) in [6.45, 7) is 4.16. The number of hydrogen-bond acceptors (Lipinski definition) is 4. The minimum absolute atomic E-state index is 0.253. The second kappa shape index (κ2) is 8.61. The largest absolute Gasteiger partial charge is 0.379 e. The van der Waals surface area contributed by atoms with Crippen molar-refractivity contribution in [2.75, 3.05) is 31.6 Å². The van der Waals surface area contributed by atoms with Crippen molar-refractivity contribution in [3.8, 4) is 5.69 Å². The van der Waals surface area contributed by atoms with Crippen LogP contribution in [0.2, 0.25) is 0 Å². The van der Waals surface area contributed by atoms with Gasteiger partial charge in [0.1, 0.15) is 11.5 Å². The van der Waals surface area contributed by atoms with Gasteiger partial charge in [0, 0.05) is 36.6 Å². The summed E-state index contributed by atoms with van der Waals surface area (Å²) in [6, 6.07) is 14.4. The number of nitrogens with one attached hydrogen (secondary N) is 1. The quantitative estimate of drug-likeness (QED) is 0.686. The maximum atomic E-state index is 14.4. The first-order chi connectivity index (χ1) is 15.2. The van der Waals surface area contributed by atoms with Crippen molar-refractivity contribution >= 4 is 11.6 Å². The van der Waals surface area contributed by atoms with Crippen LogP contribution in [-0.4, -0.2) is 46.9 Å². The lowest BCUT2D eigenvalue weighted by Gasteiger charge is -2.26. The molecule has 2 heterocycles. The summed E-state index contributed by atoms with van der Waals surface area (Å²) in [7, 11) is 0. The first-order valence-electron chi connectivity index (χ1n) is 10.7. The highest BCUT2D eigenvalue weighted by molar-refractivity contribution is 6.04. The minimum atomic E-state index is -0.345. The second-order valence-electron chi connectivity index (χ2n) is 8.03. The van der Waals surface area contributed by atoms with Gasteiger partial charge in [0.25, 0.3) is 5.91 Å². The summed E-state index contributed by atoms with van der Waals surface area (Å²) >= 11 is 0. The zero-order valence-corrected chi connectivity index (χ0v) is 17.3. The van der Waals surface area contributed by atoms with Gasteiger partial charge in [-0.3, -0.25) is 9.69 Å². The molecule has 1 fully saturated rings. The molecule has 1 aromatic heterocycles. The number of ether oxygens (including phenoxy) is 1. The molecule has 7 heteroatoms. The number of para-hydroxylation sites is 1. The lowest BCUT2D eigenvalue weighted by Crippen LogP contribution is -2.35. The van der Waals surface area contributed by atoms with Crippen molar-refractivity contribution in [1.82, 2.24) is 14.7 Å². The maximum absolute atomic E-state index is 14.4. The number of benzene rings is 2. The van der Waals surface area contributed by atoms with E-state index < -0.39 is 0 Å². The number of carbonyl (C=O) groups is 1. The Morgan fingerprint density at radius 1 is 1.10 bits per heavy atom. The molecule has 1 aliphatic heterocycles. The van der Waals surface area contributed by atoms with Crippen LogP contribution >= 0.6 is 0 Å². The lowest BCUT2D eigenvalue weighted by molar-refractivity contribution is 0.0342. The Morgan fingerprint density at radius 3 is 2.77 bits per heavy atom. The number of carbonyl (C=O) groups excluding carboxylic acids is 1. The van der Waals surface area contributed by atoms with Gasteiger partial charge < -0.3 is 10.1 Å². The van der Waals surface area contributed by atoms with Crippen LogP contribution in [0.4, 0.5) is 10.1 Å². The number of halogens is 1. The van der Waals surface area contributed by atoms with Crippen LogP contribution in [0.15, 0.2) is 48.5 Å². The van der Waals surface area contributed by atoms with Crippen molar-refractivity contribution < 1.29 is 13.9 Å². The number of rotatable bonds is 5. The first kappa shape index (κ1) is 19.9. The van der Waals surface area contributed by atoms with Gasteiger partial charge >= 0.3 is 0 Å². The van der Waals surface area contributed by atoms with E-state index in [9.17, 15) is 9.18 Å². The van der Waals surface area contributed by atoms with Crippen molar-refractivity contribution in [2.24, 2.45) is 0 Å². The fraction of sp³-hybridized carbons (Fsp3) is 0.333. The SMILES string of the molecule is O=C(Nc1cccc(CN2CCOCC2)c1)c1nn(-c2ccccc2F)c2c1CCC2. The molecule has 1 N–H and O–H groups in total. The van der Waals surface area contributed by atoms with Gasteiger partial charge in [0.15, 0.2) is 5.69 Å². The fourth-order valence-corrected chi connectivity index (χ4v) is 4.40. The van der Waals surface area contributed by atoms with Gasteiger partial charge in [0.2, 0.25) is 0 Å². The number of hydrogen-bond donors (Lipinski definition) is 1. The van der Waals surface area contributed by atoms with E-state index in [0.29, 0.717) is 11.4 Å². The number of aromatic nitrogens is 2. The Bertz CT molecular complexity index is 1100. The molecule has 1 amide bonds. The van der Waals surface area contributed by atoms with E-state index in [1.165, 1.54) is 6.07 Å². The van der Waals surface area contributed by atoms with Gasteiger partial charge in [-0.25, -0.2) is 9.07 Å². The molecule has 0 unspecified atom stereocenters. The van der Waals surface area contributed by atoms with Crippen LogP contribution in [0.3, 0.4) is 0 Å². The van der Waals surface area contributed by atoms with Gasteiger partial charge in [-0.05, 0) is 49.1 Å². The Morgan fingerprint density at radius 2 is 1.94 bits per heavy atom. The molecule has 0 bridgehead atoms. The van der Waals surface area contributed by atoms with Crippen LogP contribution in [0, 0.1) is 5.82 Å². The number of anilines is 1. The molecule has 1 aliphatic carbocycles. The van der Waals surface area contributed by atoms with E-state index in [1.54, 1.807) is 22.9 Å². The summed E-state index contributed by atoms with van der Waals surface area (Å²) in [5.41, 5.74) is 4.49. The molecule has 0 spiro atoms. The van der Waals surface area contributed by atoms with E-state index >= 15 is 0 Å². The second-order valence-corrected chi connectivity index (χ2v) is 8.03. The third kappa shape index (κ3) is 4.11. The average Bonchev–Trinajstić information content (AvgIpc) is 3.38. The fourth-order valence-electron chi connectivity index (χ4n) is 4.40. The smallest absolute Gasteiger partial charge is 0.276 e. The van der Waals surface area contributed by atoms with Crippen molar-refractivity contribution in [3.05, 3.63) is 76.9 Å². The maximum Gasteiger partial charge on any atom is 0.276 e. The normalized spacial score (nSPS) is 16.3. The third-order valence-electron chi connectivity index (χ3n) is 5.92. The summed E-state index contributed by atoms with van der Waals surface area (Å²) < 4.78 is 21.4. The predicted molar refractivity (Wildman–Crippen MR) is 116 cm³/mol. The minimum Gasteiger partial charge on any atom is -0.379 e. The van der Waals surface area contributed by atoms with Crippen molar-refractivity contribution in [1.29, 1.82) is 0 Å². The highest BCUT2D eigenvalue weighted by atomic mass is 19.1. The Kier molecular flexibility index (Phi) is 5.53. The van der Waals surface area contributed by atoms with Gasteiger partial charge in [-0.1, -0.05) is 24.3 Å². The van der Waals surface area contributed by atoms with E-state index in [2.05, 4.69) is 21.4 Å². The Balaban J connectivity index is 1.37. The van der Waals surface area contributed by atoms with Gasteiger partial charge in [-0.2, -0.15) is 5.10 Å². The van der Waals surface area contributed by atoms with Crippen molar-refractivity contribution in [3.63, 3.8) is 0 Å². The average molecular weight is 420 g/mol. The Labute approximate surface area is 180 Å². The van der Waals surface area contributed by atoms with E-state index in [0.717, 1.165) is 74.6 Å². The number of morpholine rings is 1. The van der Waals surface area contributed by atoms with Gasteiger partial charge in [0.05, 0.1) is 13.2 Å². The number of nitrogens with zero attached hydrogens (tertiary/aromatic N) is 3. The molecule has 0 saturated carbocycles. The monoisotopic (exact) mass is 420 g/mol.